The number of nitrogen functional groups attached to an aromatic ring is 1. The minimum absolute atomic E-state index is 0.0453. The second-order valence-corrected chi connectivity index (χ2v) is 6.25. The number of nitro benzene ring substituents is 1. The van der Waals surface area contributed by atoms with Crippen LogP contribution in [0.25, 0.3) is 0 Å². The van der Waals surface area contributed by atoms with E-state index in [-0.39, 0.29) is 16.6 Å². The Labute approximate surface area is 111 Å². The van der Waals surface area contributed by atoms with Crippen molar-refractivity contribution in [2.24, 2.45) is 0 Å². The van der Waals surface area contributed by atoms with Crippen LogP contribution in [0.4, 0.5) is 11.4 Å². The normalized spacial score (nSPS) is 15.7. The van der Waals surface area contributed by atoms with Crippen LogP contribution in [0.5, 0.6) is 0 Å². The molecule has 0 aliphatic heterocycles. The average Bonchev–Trinajstić information content (AvgIpc) is 3.13. The zero-order valence-electron chi connectivity index (χ0n) is 10.4. The van der Waals surface area contributed by atoms with Crippen molar-refractivity contribution in [3.05, 3.63) is 28.3 Å². The van der Waals surface area contributed by atoms with E-state index in [2.05, 4.69) is 0 Å². The summed E-state index contributed by atoms with van der Waals surface area (Å²) in [5, 5.41) is 11.0. The topological polar surface area (TPSA) is 107 Å². The van der Waals surface area contributed by atoms with Crippen LogP contribution in [0.2, 0.25) is 0 Å². The quantitative estimate of drug-likeness (QED) is 0.499. The number of nitrogens with zero attached hydrogens (tertiary/aromatic N) is 2. The Bertz CT molecular complexity index is 610. The van der Waals surface area contributed by atoms with Crippen LogP contribution in [0, 0.1) is 10.1 Å². The first-order chi connectivity index (χ1) is 8.89. The van der Waals surface area contributed by atoms with E-state index in [1.54, 1.807) is 6.92 Å². The standard InChI is InChI=1S/C11H15N3O4S/c1-2-13(8-6-7-8)19(17,18)10-5-3-4-9(12)11(10)14(15)16/h3-5,8H,2,6-7,12H2,1H3. The van der Waals surface area contributed by atoms with Crippen molar-refractivity contribution in [1.82, 2.24) is 4.31 Å². The highest BCUT2D eigenvalue weighted by molar-refractivity contribution is 7.89. The van der Waals surface area contributed by atoms with Gasteiger partial charge in [-0.15, -0.1) is 0 Å². The molecule has 1 aliphatic carbocycles. The van der Waals surface area contributed by atoms with Crippen molar-refractivity contribution in [3.8, 4) is 0 Å². The van der Waals surface area contributed by atoms with Crippen LogP contribution in [0.3, 0.4) is 0 Å². The Morgan fingerprint density at radius 2 is 2.11 bits per heavy atom. The summed E-state index contributed by atoms with van der Waals surface area (Å²) in [6.07, 6.45) is 1.59. The molecule has 0 bridgehead atoms. The monoisotopic (exact) mass is 285 g/mol. The molecule has 19 heavy (non-hydrogen) atoms. The highest BCUT2D eigenvalue weighted by Crippen LogP contribution is 2.36. The van der Waals surface area contributed by atoms with Crippen LogP contribution < -0.4 is 5.73 Å². The van der Waals surface area contributed by atoms with E-state index in [4.69, 9.17) is 5.73 Å². The first kappa shape index (κ1) is 13.8. The van der Waals surface area contributed by atoms with E-state index >= 15 is 0 Å². The van der Waals surface area contributed by atoms with Gasteiger partial charge in [0.1, 0.15) is 5.69 Å². The molecule has 0 aromatic heterocycles. The van der Waals surface area contributed by atoms with Gasteiger partial charge in [0, 0.05) is 12.6 Å². The van der Waals surface area contributed by atoms with Crippen LogP contribution in [-0.2, 0) is 10.0 Å². The zero-order chi connectivity index (χ0) is 14.2. The molecule has 1 aromatic carbocycles. The number of hydrogen-bond donors (Lipinski definition) is 1. The summed E-state index contributed by atoms with van der Waals surface area (Å²) in [5.74, 6) is 0. The highest BCUT2D eigenvalue weighted by atomic mass is 32.2. The molecule has 0 radical (unpaired) electrons. The number of sulfonamides is 1. The molecule has 0 spiro atoms. The lowest BCUT2D eigenvalue weighted by molar-refractivity contribution is -0.386. The minimum Gasteiger partial charge on any atom is -0.393 e. The molecular formula is C11H15N3O4S. The Hall–Kier alpha value is -1.67. The van der Waals surface area contributed by atoms with Crippen LogP contribution >= 0.6 is 0 Å². The molecule has 2 N–H and O–H groups in total. The van der Waals surface area contributed by atoms with Gasteiger partial charge < -0.3 is 5.73 Å². The van der Waals surface area contributed by atoms with E-state index in [1.807, 2.05) is 0 Å². The fourth-order valence-corrected chi connectivity index (χ4v) is 3.94. The van der Waals surface area contributed by atoms with E-state index in [0.29, 0.717) is 6.54 Å². The number of anilines is 1. The van der Waals surface area contributed by atoms with Crippen molar-refractivity contribution >= 4 is 21.4 Å². The second kappa shape index (κ2) is 4.78. The largest absolute Gasteiger partial charge is 0.393 e. The van der Waals surface area contributed by atoms with Gasteiger partial charge in [0.2, 0.25) is 10.0 Å². The molecule has 0 atom stereocenters. The number of para-hydroxylation sites is 1. The number of hydrogen-bond acceptors (Lipinski definition) is 5. The summed E-state index contributed by atoms with van der Waals surface area (Å²) in [5.41, 5.74) is 4.85. The molecule has 0 heterocycles. The number of nitrogens with two attached hydrogens (primary N) is 1. The molecule has 8 heteroatoms. The first-order valence-corrected chi connectivity index (χ1v) is 7.38. The predicted molar refractivity (Wildman–Crippen MR) is 70.1 cm³/mol. The fourth-order valence-electron chi connectivity index (χ4n) is 2.06. The number of nitro groups is 1. The van der Waals surface area contributed by atoms with Gasteiger partial charge >= 0.3 is 5.69 Å². The maximum Gasteiger partial charge on any atom is 0.312 e. The second-order valence-electron chi connectivity index (χ2n) is 4.39. The van der Waals surface area contributed by atoms with Gasteiger partial charge in [-0.2, -0.15) is 4.31 Å². The van der Waals surface area contributed by atoms with E-state index in [9.17, 15) is 18.5 Å². The third kappa shape index (κ3) is 2.41. The van der Waals surface area contributed by atoms with Gasteiger partial charge in [-0.05, 0) is 25.0 Å². The van der Waals surface area contributed by atoms with Gasteiger partial charge in [-0.1, -0.05) is 13.0 Å². The van der Waals surface area contributed by atoms with Gasteiger partial charge in [0.25, 0.3) is 0 Å². The Kier molecular flexibility index (Phi) is 3.46. The maximum atomic E-state index is 12.5. The number of rotatable bonds is 5. The minimum atomic E-state index is -3.87. The van der Waals surface area contributed by atoms with Crippen LogP contribution in [0.1, 0.15) is 19.8 Å². The summed E-state index contributed by atoms with van der Waals surface area (Å²) in [4.78, 5) is 9.95. The third-order valence-electron chi connectivity index (χ3n) is 3.07. The molecule has 7 nitrogen and oxygen atoms in total. The smallest absolute Gasteiger partial charge is 0.312 e. The van der Waals surface area contributed by atoms with Crippen molar-refractivity contribution in [3.63, 3.8) is 0 Å². The lowest BCUT2D eigenvalue weighted by Crippen LogP contribution is -2.33. The number of benzene rings is 1. The molecule has 2 rings (SSSR count). The van der Waals surface area contributed by atoms with Gasteiger partial charge in [-0.3, -0.25) is 10.1 Å². The molecule has 0 saturated heterocycles. The highest BCUT2D eigenvalue weighted by Gasteiger charge is 2.40. The van der Waals surface area contributed by atoms with E-state index in [0.717, 1.165) is 12.8 Å². The van der Waals surface area contributed by atoms with Crippen molar-refractivity contribution in [2.45, 2.75) is 30.7 Å². The summed E-state index contributed by atoms with van der Waals surface area (Å²) >= 11 is 0. The van der Waals surface area contributed by atoms with Crippen LogP contribution in [0.15, 0.2) is 23.1 Å². The van der Waals surface area contributed by atoms with Crippen LogP contribution in [-0.4, -0.2) is 30.2 Å². The van der Waals surface area contributed by atoms with E-state index < -0.39 is 20.6 Å². The van der Waals surface area contributed by atoms with Crippen molar-refractivity contribution < 1.29 is 13.3 Å². The maximum absolute atomic E-state index is 12.5. The summed E-state index contributed by atoms with van der Waals surface area (Å²) in [6.45, 7) is 2.01. The fraction of sp³-hybridized carbons (Fsp3) is 0.455. The first-order valence-electron chi connectivity index (χ1n) is 5.94. The lowest BCUT2D eigenvalue weighted by atomic mass is 10.3. The van der Waals surface area contributed by atoms with E-state index in [1.165, 1.54) is 22.5 Å². The Morgan fingerprint density at radius 1 is 1.47 bits per heavy atom. The summed E-state index contributed by atoms with van der Waals surface area (Å²) < 4.78 is 26.3. The van der Waals surface area contributed by atoms with Gasteiger partial charge in [0.05, 0.1) is 4.92 Å². The van der Waals surface area contributed by atoms with Gasteiger partial charge in [0.15, 0.2) is 4.90 Å². The average molecular weight is 285 g/mol. The molecular weight excluding hydrogens is 270 g/mol. The molecule has 0 amide bonds. The molecule has 1 aliphatic rings. The SMILES string of the molecule is CCN(C1CC1)S(=O)(=O)c1cccc(N)c1[N+](=O)[O-]. The van der Waals surface area contributed by atoms with Gasteiger partial charge in [-0.25, -0.2) is 8.42 Å². The molecule has 104 valence electrons. The third-order valence-corrected chi connectivity index (χ3v) is 5.12. The van der Waals surface area contributed by atoms with Crippen molar-refractivity contribution in [2.75, 3.05) is 12.3 Å². The molecule has 0 unspecified atom stereocenters. The Balaban J connectivity index is 2.57. The Morgan fingerprint density at radius 3 is 2.58 bits per heavy atom. The summed E-state index contributed by atoms with van der Waals surface area (Å²) in [7, 11) is -3.87. The summed E-state index contributed by atoms with van der Waals surface area (Å²) in [6, 6.07) is 3.92. The predicted octanol–water partition coefficient (Wildman–Crippen LogP) is 1.35. The van der Waals surface area contributed by atoms with Crippen molar-refractivity contribution in [1.29, 1.82) is 0 Å². The molecule has 1 saturated carbocycles. The zero-order valence-corrected chi connectivity index (χ0v) is 11.3. The lowest BCUT2D eigenvalue weighted by Gasteiger charge is -2.20. The molecule has 1 fully saturated rings. The molecule has 1 aromatic rings.